The van der Waals surface area contributed by atoms with Crippen molar-refractivity contribution in [2.45, 2.75) is 0 Å². The summed E-state index contributed by atoms with van der Waals surface area (Å²) >= 11 is 1.79. The molecule has 0 saturated heterocycles. The zero-order valence-electron chi connectivity index (χ0n) is 36.3. The summed E-state index contributed by atoms with van der Waals surface area (Å²) in [4.78, 5) is 16.6. The minimum absolute atomic E-state index is 0.574. The molecule has 0 radical (unpaired) electrons. The van der Waals surface area contributed by atoms with Gasteiger partial charge in [-0.1, -0.05) is 140 Å². The molecule has 0 aliphatic rings. The summed E-state index contributed by atoms with van der Waals surface area (Å²) in [6.07, 6.45) is 0. The van der Waals surface area contributed by atoms with Crippen LogP contribution in [0.15, 0.2) is 217 Å². The summed E-state index contributed by atoms with van der Waals surface area (Å²) in [5, 5.41) is 11.3. The van der Waals surface area contributed by atoms with Crippen molar-refractivity contribution < 1.29 is 4.42 Å². The fourth-order valence-electron chi connectivity index (χ4n) is 10.8. The lowest BCUT2D eigenvalue weighted by atomic mass is 10.0. The molecule has 10 aromatic carbocycles. The molecule has 0 amide bonds. The molecule has 6 nitrogen and oxygen atoms in total. The van der Waals surface area contributed by atoms with Crippen LogP contribution in [0, 0.1) is 0 Å². The summed E-state index contributed by atoms with van der Waals surface area (Å²) in [5.41, 5.74) is 10.8. The average Bonchev–Trinajstić information content (AvgIpc) is 4.16. The second kappa shape index (κ2) is 14.3. The van der Waals surface area contributed by atoms with Crippen molar-refractivity contribution >= 4 is 108 Å². The molecule has 15 aromatic rings. The lowest BCUT2D eigenvalue weighted by Crippen LogP contribution is -2.02. The third kappa shape index (κ3) is 5.42. The molecule has 0 fully saturated rings. The van der Waals surface area contributed by atoms with Gasteiger partial charge in [-0.15, -0.1) is 11.3 Å². The zero-order valence-corrected chi connectivity index (χ0v) is 37.1. The molecule has 0 spiro atoms. The number of benzene rings is 10. The summed E-state index contributed by atoms with van der Waals surface area (Å²) < 4.78 is 14.0. The molecule has 5 aromatic heterocycles. The van der Waals surface area contributed by atoms with E-state index >= 15 is 0 Å². The second-order valence-electron chi connectivity index (χ2n) is 17.5. The van der Waals surface area contributed by atoms with Gasteiger partial charge in [0.15, 0.2) is 23.1 Å². The maximum atomic E-state index is 6.90. The van der Waals surface area contributed by atoms with Crippen LogP contribution < -0.4 is 0 Å². The van der Waals surface area contributed by atoms with Crippen LogP contribution >= 0.6 is 11.3 Å². The third-order valence-electron chi connectivity index (χ3n) is 13.7. The Bertz CT molecular complexity index is 4580. The number of hydrogen-bond acceptors (Lipinski definition) is 5. The van der Waals surface area contributed by atoms with Crippen molar-refractivity contribution in [3.63, 3.8) is 0 Å². The fraction of sp³-hybridized carbons (Fsp3) is 0. The Balaban J connectivity index is 1.06. The summed E-state index contributed by atoms with van der Waals surface area (Å²) in [5.74, 6) is 1.79. The van der Waals surface area contributed by atoms with Crippen LogP contribution in [-0.4, -0.2) is 24.1 Å². The van der Waals surface area contributed by atoms with Crippen molar-refractivity contribution in [1.82, 2.24) is 24.1 Å². The highest BCUT2D eigenvalue weighted by Crippen LogP contribution is 2.44. The quantitative estimate of drug-likeness (QED) is 0.173. The Labute approximate surface area is 392 Å². The monoisotopic (exact) mass is 885 g/mol. The number of furan rings is 1. The Morgan fingerprint density at radius 1 is 0.368 bits per heavy atom. The van der Waals surface area contributed by atoms with Gasteiger partial charge in [0, 0.05) is 74.9 Å². The van der Waals surface area contributed by atoms with E-state index in [1.165, 1.54) is 36.3 Å². The van der Waals surface area contributed by atoms with Gasteiger partial charge >= 0.3 is 0 Å². The lowest BCUT2D eigenvalue weighted by molar-refractivity contribution is 0.666. The van der Waals surface area contributed by atoms with E-state index in [0.717, 1.165) is 88.2 Å². The van der Waals surface area contributed by atoms with Crippen LogP contribution in [0.3, 0.4) is 0 Å². The van der Waals surface area contributed by atoms with E-state index in [1.807, 2.05) is 6.07 Å². The van der Waals surface area contributed by atoms with Gasteiger partial charge in [0.2, 0.25) is 0 Å². The smallest absolute Gasteiger partial charge is 0.164 e. The first-order chi connectivity index (χ1) is 33.7. The first-order valence-electron chi connectivity index (χ1n) is 22.8. The van der Waals surface area contributed by atoms with Crippen LogP contribution in [0.4, 0.5) is 0 Å². The molecular weight excluding hydrogens is 851 g/mol. The molecule has 5 heterocycles. The number of aromatic nitrogens is 5. The van der Waals surface area contributed by atoms with Gasteiger partial charge in [-0.25, -0.2) is 15.0 Å². The highest BCUT2D eigenvalue weighted by atomic mass is 32.1. The molecule has 15 rings (SSSR count). The molecule has 0 atom stereocenters. The zero-order chi connectivity index (χ0) is 44.5. The Kier molecular flexibility index (Phi) is 7.85. The summed E-state index contributed by atoms with van der Waals surface area (Å²) in [7, 11) is 0. The average molecular weight is 886 g/mol. The number of rotatable bonds is 5. The highest BCUT2D eigenvalue weighted by Gasteiger charge is 2.24. The first-order valence-corrected chi connectivity index (χ1v) is 23.7. The van der Waals surface area contributed by atoms with E-state index in [4.69, 9.17) is 19.4 Å². The van der Waals surface area contributed by atoms with Gasteiger partial charge < -0.3 is 13.6 Å². The fourth-order valence-corrected chi connectivity index (χ4v) is 11.9. The predicted octanol–water partition coefficient (Wildman–Crippen LogP) is 16.5. The molecule has 0 bridgehead atoms. The number of hydrogen-bond donors (Lipinski definition) is 0. The van der Waals surface area contributed by atoms with Gasteiger partial charge in [0.1, 0.15) is 5.58 Å². The van der Waals surface area contributed by atoms with E-state index in [-0.39, 0.29) is 0 Å². The van der Waals surface area contributed by atoms with Gasteiger partial charge in [0.25, 0.3) is 0 Å². The molecule has 316 valence electrons. The standard InChI is InChI=1S/C61H35N5OS/c1-2-18-39(19-3-1)65-49-27-11-7-22-42(49)56-44(24-14-28-50(56)65)60-62-59(63-61(64-60)45-25-15-31-55-57(45)43-23-9-13-30-54(43)68-55)38-33-47-41-21-8-12-29-53(41)67-58(47)52(35-38)66-48-26-10-6-20-40(48)46-32-36-16-4-5-17-37(36)34-51(46)66/h1-35H. The molecular formula is C61H35N5OS. The Hall–Kier alpha value is -8.91. The Morgan fingerprint density at radius 2 is 0.971 bits per heavy atom. The maximum Gasteiger partial charge on any atom is 0.164 e. The van der Waals surface area contributed by atoms with Crippen molar-refractivity contribution in [1.29, 1.82) is 0 Å². The molecule has 0 saturated carbocycles. The van der Waals surface area contributed by atoms with Crippen molar-refractivity contribution in [3.05, 3.63) is 212 Å². The van der Waals surface area contributed by atoms with Crippen molar-refractivity contribution in [2.24, 2.45) is 0 Å². The maximum absolute atomic E-state index is 6.90. The van der Waals surface area contributed by atoms with E-state index in [0.29, 0.717) is 17.5 Å². The number of thiophene rings is 1. The first kappa shape index (κ1) is 37.3. The van der Waals surface area contributed by atoms with Gasteiger partial charge in [-0.05, 0) is 83.6 Å². The molecule has 0 unspecified atom stereocenters. The van der Waals surface area contributed by atoms with Crippen molar-refractivity contribution in [2.75, 3.05) is 0 Å². The van der Waals surface area contributed by atoms with Crippen LogP contribution in [0.25, 0.3) is 142 Å². The van der Waals surface area contributed by atoms with Gasteiger partial charge in [0.05, 0.1) is 27.8 Å². The van der Waals surface area contributed by atoms with E-state index < -0.39 is 0 Å². The van der Waals surface area contributed by atoms with E-state index in [1.54, 1.807) is 11.3 Å². The number of nitrogens with zero attached hydrogens (tertiary/aromatic N) is 5. The SMILES string of the molecule is c1ccc(-n2c3ccccc3c3c(-c4nc(-c5cc(-n6c7ccccc7c7cc8ccccc8cc76)c6oc7ccccc7c6c5)nc(-c5cccc6sc7ccccc7c56)n4)cccc32)cc1. The lowest BCUT2D eigenvalue weighted by Gasteiger charge is -2.13. The topological polar surface area (TPSA) is 61.7 Å². The second-order valence-corrected chi connectivity index (χ2v) is 18.6. The van der Waals surface area contributed by atoms with Crippen LogP contribution in [0.1, 0.15) is 0 Å². The van der Waals surface area contributed by atoms with Crippen LogP contribution in [0.5, 0.6) is 0 Å². The molecule has 0 N–H and O–H groups in total. The molecule has 7 heteroatoms. The van der Waals surface area contributed by atoms with Gasteiger partial charge in [-0.3, -0.25) is 0 Å². The third-order valence-corrected chi connectivity index (χ3v) is 14.9. The minimum atomic E-state index is 0.574. The van der Waals surface area contributed by atoms with Crippen LogP contribution in [-0.2, 0) is 0 Å². The summed E-state index contributed by atoms with van der Waals surface area (Å²) in [6, 6.07) is 75.4. The largest absolute Gasteiger partial charge is 0.454 e. The number of para-hydroxylation sites is 4. The van der Waals surface area contributed by atoms with Crippen LogP contribution in [0.2, 0.25) is 0 Å². The minimum Gasteiger partial charge on any atom is -0.454 e. The van der Waals surface area contributed by atoms with Crippen molar-refractivity contribution in [3.8, 4) is 45.5 Å². The molecule has 0 aliphatic heterocycles. The van der Waals surface area contributed by atoms with E-state index in [9.17, 15) is 0 Å². The Morgan fingerprint density at radius 3 is 1.79 bits per heavy atom. The molecule has 68 heavy (non-hydrogen) atoms. The van der Waals surface area contributed by atoms with Gasteiger partial charge in [-0.2, -0.15) is 0 Å². The number of fused-ring (bicyclic) bond motifs is 13. The highest BCUT2D eigenvalue weighted by molar-refractivity contribution is 7.25. The predicted molar refractivity (Wildman–Crippen MR) is 282 cm³/mol. The van der Waals surface area contributed by atoms with E-state index in [2.05, 4.69) is 215 Å². The molecule has 0 aliphatic carbocycles. The normalized spacial score (nSPS) is 12.1. The summed E-state index contributed by atoms with van der Waals surface area (Å²) in [6.45, 7) is 0.